The summed E-state index contributed by atoms with van der Waals surface area (Å²) >= 11 is 6.66. The van der Waals surface area contributed by atoms with Crippen molar-refractivity contribution in [3.8, 4) is 22.8 Å². The Morgan fingerprint density at radius 3 is 2.48 bits per heavy atom. The first kappa shape index (κ1) is 20.9. The lowest BCUT2D eigenvalue weighted by molar-refractivity contribution is 0.206. The highest BCUT2D eigenvalue weighted by atomic mass is 35.5. The van der Waals surface area contributed by atoms with E-state index in [1.54, 1.807) is 33.6 Å². The van der Waals surface area contributed by atoms with E-state index in [1.165, 1.54) is 0 Å². The summed E-state index contributed by atoms with van der Waals surface area (Å²) in [4.78, 5) is 15.3. The van der Waals surface area contributed by atoms with E-state index < -0.39 is 0 Å². The minimum Gasteiger partial charge on any atom is -0.496 e. The Bertz CT molecular complexity index is 1020. The summed E-state index contributed by atoms with van der Waals surface area (Å²) in [5.74, 6) is 2.01. The molecule has 0 aliphatic heterocycles. The van der Waals surface area contributed by atoms with Crippen molar-refractivity contribution in [2.75, 3.05) is 52.2 Å². The molecule has 3 rings (SSSR count). The number of hydrogen-bond donors (Lipinski definition) is 1. The van der Waals surface area contributed by atoms with Gasteiger partial charge in [0.25, 0.3) is 0 Å². The van der Waals surface area contributed by atoms with E-state index in [0.29, 0.717) is 46.7 Å². The molecule has 8 nitrogen and oxygen atoms in total. The average Bonchev–Trinajstić information content (AvgIpc) is 2.72. The molecule has 0 spiro atoms. The van der Waals surface area contributed by atoms with Crippen LogP contribution < -0.4 is 20.1 Å². The number of nitrogen functional groups attached to an aromatic ring is 1. The van der Waals surface area contributed by atoms with Gasteiger partial charge in [0, 0.05) is 49.5 Å². The molecule has 0 aliphatic carbocycles. The van der Waals surface area contributed by atoms with Crippen molar-refractivity contribution in [2.45, 2.75) is 6.92 Å². The zero-order valence-corrected chi connectivity index (χ0v) is 17.9. The molecule has 1 aromatic carbocycles. The summed E-state index contributed by atoms with van der Waals surface area (Å²) in [5, 5.41) is 1.25. The fourth-order valence-corrected chi connectivity index (χ4v) is 3.50. The van der Waals surface area contributed by atoms with E-state index in [1.807, 2.05) is 24.9 Å². The zero-order valence-electron chi connectivity index (χ0n) is 17.1. The normalized spacial score (nSPS) is 11.0. The van der Waals surface area contributed by atoms with Crippen LogP contribution in [-0.4, -0.2) is 56.5 Å². The van der Waals surface area contributed by atoms with Gasteiger partial charge in [0.15, 0.2) is 5.82 Å². The molecule has 0 atom stereocenters. The molecule has 0 radical (unpaired) electrons. The SMILES string of the molecule is COCCN(C)c1nc(-c2c(C)c(OC)cc(OC)c2Cl)cc2cnc(N)nc12. The first-order chi connectivity index (χ1) is 13.9. The molecule has 0 amide bonds. The summed E-state index contributed by atoms with van der Waals surface area (Å²) in [7, 11) is 6.74. The molecule has 0 aliphatic rings. The summed E-state index contributed by atoms with van der Waals surface area (Å²) in [5.41, 5.74) is 8.71. The Morgan fingerprint density at radius 1 is 1.10 bits per heavy atom. The molecule has 9 heteroatoms. The molecule has 2 heterocycles. The number of methoxy groups -OCH3 is 3. The molecule has 2 aromatic heterocycles. The smallest absolute Gasteiger partial charge is 0.220 e. The first-order valence-corrected chi connectivity index (χ1v) is 9.33. The molecule has 0 fully saturated rings. The minimum absolute atomic E-state index is 0.186. The summed E-state index contributed by atoms with van der Waals surface area (Å²) < 4.78 is 16.1. The number of anilines is 2. The molecule has 0 bridgehead atoms. The van der Waals surface area contributed by atoms with Crippen LogP contribution in [0.2, 0.25) is 5.02 Å². The maximum Gasteiger partial charge on any atom is 0.220 e. The summed E-state index contributed by atoms with van der Waals surface area (Å²) in [6.07, 6.45) is 1.68. The molecule has 0 saturated heterocycles. The van der Waals surface area contributed by atoms with Gasteiger partial charge < -0.3 is 24.8 Å². The second kappa shape index (κ2) is 8.67. The van der Waals surface area contributed by atoms with Crippen molar-refractivity contribution in [3.05, 3.63) is 28.9 Å². The second-order valence-corrected chi connectivity index (χ2v) is 6.88. The average molecular weight is 418 g/mol. The molecular formula is C20H24ClN5O3. The van der Waals surface area contributed by atoms with Gasteiger partial charge in [-0.05, 0) is 13.0 Å². The van der Waals surface area contributed by atoms with Gasteiger partial charge in [-0.25, -0.2) is 15.0 Å². The third-order valence-corrected chi connectivity index (χ3v) is 5.07. The number of nitrogens with zero attached hydrogens (tertiary/aromatic N) is 4. The lowest BCUT2D eigenvalue weighted by Crippen LogP contribution is -2.24. The Labute approximate surface area is 174 Å². The number of ether oxygens (including phenoxy) is 3. The van der Waals surface area contributed by atoms with Crippen molar-refractivity contribution in [2.24, 2.45) is 0 Å². The van der Waals surface area contributed by atoms with Crippen molar-refractivity contribution in [1.82, 2.24) is 15.0 Å². The highest BCUT2D eigenvalue weighted by Crippen LogP contribution is 2.43. The van der Waals surface area contributed by atoms with E-state index in [0.717, 1.165) is 16.5 Å². The Hall–Kier alpha value is -2.84. The van der Waals surface area contributed by atoms with E-state index in [4.69, 9.17) is 36.5 Å². The molecule has 2 N–H and O–H groups in total. The summed E-state index contributed by atoms with van der Waals surface area (Å²) in [6, 6.07) is 3.65. The topological polar surface area (TPSA) is 95.6 Å². The van der Waals surface area contributed by atoms with Crippen molar-refractivity contribution in [3.63, 3.8) is 0 Å². The van der Waals surface area contributed by atoms with E-state index in [-0.39, 0.29) is 5.95 Å². The highest BCUT2D eigenvalue weighted by molar-refractivity contribution is 6.35. The maximum absolute atomic E-state index is 6.66. The van der Waals surface area contributed by atoms with Crippen LogP contribution in [0.4, 0.5) is 11.8 Å². The maximum atomic E-state index is 6.66. The molecule has 29 heavy (non-hydrogen) atoms. The van der Waals surface area contributed by atoms with Gasteiger partial charge in [0.2, 0.25) is 5.95 Å². The second-order valence-electron chi connectivity index (χ2n) is 6.51. The first-order valence-electron chi connectivity index (χ1n) is 8.96. The van der Waals surface area contributed by atoms with Crippen LogP contribution in [0.25, 0.3) is 22.2 Å². The molecule has 154 valence electrons. The van der Waals surface area contributed by atoms with Crippen LogP contribution in [-0.2, 0) is 4.74 Å². The quantitative estimate of drug-likeness (QED) is 0.625. The molecule has 0 unspecified atom stereocenters. The van der Waals surface area contributed by atoms with E-state index in [9.17, 15) is 0 Å². The molecular weight excluding hydrogens is 394 g/mol. The van der Waals surface area contributed by atoms with Gasteiger partial charge in [0.1, 0.15) is 17.0 Å². The standard InChI is InChI=1S/C20H24ClN5O3/c1-11-14(28-4)9-15(29-5)17(21)16(11)13-8-12-10-23-20(22)25-18(12)19(24-13)26(2)6-7-27-3/h8-10H,6-7H2,1-5H3,(H2,22,23,25). The monoisotopic (exact) mass is 417 g/mol. The number of nitrogens with two attached hydrogens (primary N) is 1. The minimum atomic E-state index is 0.186. The predicted octanol–water partition coefficient (Wildman–Crippen LogP) is 3.34. The lowest BCUT2D eigenvalue weighted by atomic mass is 10.0. The fourth-order valence-electron chi connectivity index (χ4n) is 3.13. The third-order valence-electron chi connectivity index (χ3n) is 4.70. The van der Waals surface area contributed by atoms with Gasteiger partial charge in [-0.2, -0.15) is 0 Å². The molecule has 0 saturated carbocycles. The highest BCUT2D eigenvalue weighted by Gasteiger charge is 2.21. The van der Waals surface area contributed by atoms with E-state index in [2.05, 4.69) is 9.97 Å². The largest absolute Gasteiger partial charge is 0.496 e. The van der Waals surface area contributed by atoms with Crippen molar-refractivity contribution >= 4 is 34.3 Å². The van der Waals surface area contributed by atoms with Crippen LogP contribution in [0, 0.1) is 6.92 Å². The number of aromatic nitrogens is 3. The fraction of sp³-hybridized carbons (Fsp3) is 0.350. The van der Waals surface area contributed by atoms with Gasteiger partial charge in [-0.15, -0.1) is 0 Å². The Kier molecular flexibility index (Phi) is 6.24. The van der Waals surface area contributed by atoms with Gasteiger partial charge >= 0.3 is 0 Å². The number of pyridine rings is 1. The van der Waals surface area contributed by atoms with Gasteiger partial charge in [-0.1, -0.05) is 11.6 Å². The van der Waals surface area contributed by atoms with Crippen molar-refractivity contribution in [1.29, 1.82) is 0 Å². The number of hydrogen-bond acceptors (Lipinski definition) is 8. The van der Waals surface area contributed by atoms with Crippen LogP contribution in [0.5, 0.6) is 11.5 Å². The Balaban J connectivity index is 2.30. The van der Waals surface area contributed by atoms with E-state index >= 15 is 0 Å². The number of likely N-dealkylation sites (N-methyl/N-ethyl adjacent to an activating group) is 1. The van der Waals surface area contributed by atoms with Crippen LogP contribution in [0.1, 0.15) is 5.56 Å². The Morgan fingerprint density at radius 2 is 1.83 bits per heavy atom. The van der Waals surface area contributed by atoms with Crippen molar-refractivity contribution < 1.29 is 14.2 Å². The molecule has 3 aromatic rings. The number of benzene rings is 1. The van der Waals surface area contributed by atoms with Crippen LogP contribution in [0.15, 0.2) is 18.3 Å². The van der Waals surface area contributed by atoms with Crippen LogP contribution >= 0.6 is 11.6 Å². The third kappa shape index (κ3) is 3.99. The summed E-state index contributed by atoms with van der Waals surface area (Å²) in [6.45, 7) is 3.09. The number of fused-ring (bicyclic) bond motifs is 1. The van der Waals surface area contributed by atoms with Gasteiger partial charge in [-0.3, -0.25) is 0 Å². The zero-order chi connectivity index (χ0) is 21.1. The predicted molar refractivity (Wildman–Crippen MR) is 115 cm³/mol. The lowest BCUT2D eigenvalue weighted by Gasteiger charge is -2.21. The number of halogens is 1. The number of rotatable bonds is 7. The van der Waals surface area contributed by atoms with Crippen LogP contribution in [0.3, 0.4) is 0 Å². The van der Waals surface area contributed by atoms with Gasteiger partial charge in [0.05, 0.1) is 31.5 Å².